The van der Waals surface area contributed by atoms with E-state index in [9.17, 15) is 4.79 Å². The van der Waals surface area contributed by atoms with E-state index in [1.54, 1.807) is 31.4 Å². The molecule has 0 fully saturated rings. The van der Waals surface area contributed by atoms with E-state index in [0.717, 1.165) is 17.9 Å². The van der Waals surface area contributed by atoms with Crippen molar-refractivity contribution in [2.24, 2.45) is 4.99 Å². The number of carbonyl (C=O) groups is 1. The minimum Gasteiger partial charge on any atom is -0.493 e. The predicted molar refractivity (Wildman–Crippen MR) is 136 cm³/mol. The van der Waals surface area contributed by atoms with E-state index in [2.05, 4.69) is 26.9 Å². The van der Waals surface area contributed by atoms with Gasteiger partial charge in [-0.1, -0.05) is 18.1 Å². The van der Waals surface area contributed by atoms with Crippen LogP contribution >= 0.6 is 24.0 Å². The number of carbonyl (C=O) groups excluding carboxylic acids is 1. The number of ether oxygens (including phenoxy) is 2. The van der Waals surface area contributed by atoms with Gasteiger partial charge in [-0.2, -0.15) is 0 Å². The summed E-state index contributed by atoms with van der Waals surface area (Å²) in [6, 6.07) is 14.7. The molecule has 0 saturated heterocycles. The number of benzene rings is 2. The second-order valence-corrected chi connectivity index (χ2v) is 6.32. The SMILES string of the molecule is C#Cc1cccc(NC(=O)CN=C(NCC)Nc2cccc(OCCCOC)c2)c1.I. The van der Waals surface area contributed by atoms with Crippen LogP contribution in [0.25, 0.3) is 0 Å². The highest BCUT2D eigenvalue weighted by Gasteiger charge is 2.05. The van der Waals surface area contributed by atoms with Crippen molar-refractivity contribution in [2.45, 2.75) is 13.3 Å². The summed E-state index contributed by atoms with van der Waals surface area (Å²) in [7, 11) is 1.67. The molecule has 0 aliphatic carbocycles. The third-order valence-corrected chi connectivity index (χ3v) is 3.90. The van der Waals surface area contributed by atoms with E-state index in [0.29, 0.717) is 37.0 Å². The standard InChI is InChI=1S/C23H28N4O3.HI/c1-4-18-9-6-10-19(15-18)26-22(28)17-25-23(24-5-2)27-20-11-7-12-21(16-20)30-14-8-13-29-3;/h1,6-7,9-12,15-16H,5,8,13-14,17H2,2-3H3,(H,26,28)(H2,24,25,27);1H. The van der Waals surface area contributed by atoms with Gasteiger partial charge >= 0.3 is 0 Å². The third kappa shape index (κ3) is 10.2. The summed E-state index contributed by atoms with van der Waals surface area (Å²) in [4.78, 5) is 16.6. The Hall–Kier alpha value is -2.77. The van der Waals surface area contributed by atoms with Gasteiger partial charge in [0.15, 0.2) is 5.96 Å². The first-order valence-electron chi connectivity index (χ1n) is 9.78. The molecule has 166 valence electrons. The van der Waals surface area contributed by atoms with Crippen LogP contribution in [0.3, 0.4) is 0 Å². The summed E-state index contributed by atoms with van der Waals surface area (Å²) in [6.45, 7) is 3.81. The number of hydrogen-bond donors (Lipinski definition) is 3. The molecule has 0 aliphatic heterocycles. The predicted octanol–water partition coefficient (Wildman–Crippen LogP) is 3.72. The summed E-state index contributed by atoms with van der Waals surface area (Å²) in [5.74, 6) is 3.55. The summed E-state index contributed by atoms with van der Waals surface area (Å²) in [5.41, 5.74) is 2.15. The lowest BCUT2D eigenvalue weighted by Gasteiger charge is -2.13. The van der Waals surface area contributed by atoms with Crippen molar-refractivity contribution in [3.8, 4) is 18.1 Å². The average Bonchev–Trinajstić information content (AvgIpc) is 2.76. The molecule has 1 amide bonds. The maximum atomic E-state index is 12.2. The third-order valence-electron chi connectivity index (χ3n) is 3.90. The fraction of sp³-hybridized carbons (Fsp3) is 0.304. The van der Waals surface area contributed by atoms with Gasteiger partial charge in [0.2, 0.25) is 5.91 Å². The lowest BCUT2D eigenvalue weighted by molar-refractivity contribution is -0.114. The number of terminal acetylenes is 1. The summed E-state index contributed by atoms with van der Waals surface area (Å²) in [5, 5.41) is 9.10. The largest absolute Gasteiger partial charge is 0.493 e. The van der Waals surface area contributed by atoms with Crippen molar-refractivity contribution in [1.82, 2.24) is 5.32 Å². The topological polar surface area (TPSA) is 84.0 Å². The number of nitrogens with one attached hydrogen (secondary N) is 3. The van der Waals surface area contributed by atoms with Gasteiger partial charge in [-0.15, -0.1) is 30.4 Å². The molecule has 2 aromatic rings. The Kier molecular flexibility index (Phi) is 12.8. The average molecular weight is 536 g/mol. The van der Waals surface area contributed by atoms with Crippen LogP contribution in [0.15, 0.2) is 53.5 Å². The van der Waals surface area contributed by atoms with Crippen LogP contribution in [-0.2, 0) is 9.53 Å². The molecule has 0 aromatic heterocycles. The first kappa shape index (κ1) is 26.3. The highest BCUT2D eigenvalue weighted by Crippen LogP contribution is 2.17. The molecule has 0 atom stereocenters. The number of guanidine groups is 1. The second-order valence-electron chi connectivity index (χ2n) is 6.32. The van der Waals surface area contributed by atoms with Gasteiger partial charge in [0, 0.05) is 49.7 Å². The zero-order valence-electron chi connectivity index (χ0n) is 17.8. The Bertz CT molecular complexity index is 896. The minimum atomic E-state index is -0.239. The van der Waals surface area contributed by atoms with Crippen molar-refractivity contribution < 1.29 is 14.3 Å². The molecular formula is C23H29IN4O3. The van der Waals surface area contributed by atoms with E-state index in [1.165, 1.54) is 0 Å². The molecule has 7 nitrogen and oxygen atoms in total. The Morgan fingerprint density at radius 3 is 2.55 bits per heavy atom. The number of nitrogens with zero attached hydrogens (tertiary/aromatic N) is 1. The van der Waals surface area contributed by atoms with Crippen LogP contribution in [-0.4, -0.2) is 45.3 Å². The van der Waals surface area contributed by atoms with Gasteiger partial charge in [-0.25, -0.2) is 4.99 Å². The van der Waals surface area contributed by atoms with Gasteiger partial charge in [-0.3, -0.25) is 4.79 Å². The number of halogens is 1. The normalized spacial score (nSPS) is 10.4. The lowest BCUT2D eigenvalue weighted by atomic mass is 10.2. The monoisotopic (exact) mass is 536 g/mol. The molecule has 0 saturated carbocycles. The zero-order valence-corrected chi connectivity index (χ0v) is 20.1. The van der Waals surface area contributed by atoms with Crippen LogP contribution in [0, 0.1) is 12.3 Å². The van der Waals surface area contributed by atoms with Crippen LogP contribution < -0.4 is 20.7 Å². The van der Waals surface area contributed by atoms with Crippen molar-refractivity contribution in [1.29, 1.82) is 0 Å². The minimum absolute atomic E-state index is 0. The van der Waals surface area contributed by atoms with Gasteiger partial charge in [0.25, 0.3) is 0 Å². The van der Waals surface area contributed by atoms with Gasteiger partial charge in [-0.05, 0) is 37.3 Å². The molecular weight excluding hydrogens is 507 g/mol. The van der Waals surface area contributed by atoms with E-state index in [1.807, 2.05) is 31.2 Å². The quantitative estimate of drug-likeness (QED) is 0.142. The van der Waals surface area contributed by atoms with Crippen LogP contribution in [0.2, 0.25) is 0 Å². The summed E-state index contributed by atoms with van der Waals surface area (Å²) < 4.78 is 10.7. The van der Waals surface area contributed by atoms with Crippen molar-refractivity contribution >= 4 is 47.2 Å². The number of rotatable bonds is 10. The molecule has 2 aromatic carbocycles. The highest BCUT2D eigenvalue weighted by molar-refractivity contribution is 14.0. The Labute approximate surface area is 201 Å². The summed E-state index contributed by atoms with van der Waals surface area (Å²) in [6.07, 6.45) is 6.21. The number of hydrogen-bond acceptors (Lipinski definition) is 4. The fourth-order valence-electron chi connectivity index (χ4n) is 2.54. The molecule has 0 radical (unpaired) electrons. The van der Waals surface area contributed by atoms with Crippen LogP contribution in [0.4, 0.5) is 11.4 Å². The molecule has 31 heavy (non-hydrogen) atoms. The van der Waals surface area contributed by atoms with E-state index >= 15 is 0 Å². The fourth-order valence-corrected chi connectivity index (χ4v) is 2.54. The van der Waals surface area contributed by atoms with Crippen molar-refractivity contribution in [3.63, 3.8) is 0 Å². The maximum absolute atomic E-state index is 12.2. The van der Waals surface area contributed by atoms with Gasteiger partial charge in [0.05, 0.1) is 6.61 Å². The molecule has 0 aliphatic rings. The Balaban J connectivity index is 0.00000480. The van der Waals surface area contributed by atoms with E-state index < -0.39 is 0 Å². The molecule has 0 spiro atoms. The molecule has 0 bridgehead atoms. The Morgan fingerprint density at radius 2 is 1.84 bits per heavy atom. The second kappa shape index (κ2) is 15.1. The first-order valence-corrected chi connectivity index (χ1v) is 9.78. The number of methoxy groups -OCH3 is 1. The summed E-state index contributed by atoms with van der Waals surface area (Å²) >= 11 is 0. The van der Waals surface area contributed by atoms with Crippen molar-refractivity contribution in [2.75, 3.05) is 44.0 Å². The lowest BCUT2D eigenvalue weighted by Crippen LogP contribution is -2.31. The van der Waals surface area contributed by atoms with Crippen molar-refractivity contribution in [3.05, 3.63) is 54.1 Å². The van der Waals surface area contributed by atoms with E-state index in [-0.39, 0.29) is 36.4 Å². The molecule has 0 heterocycles. The molecule has 3 N–H and O–H groups in total. The highest BCUT2D eigenvalue weighted by atomic mass is 127. The van der Waals surface area contributed by atoms with Gasteiger partial charge < -0.3 is 25.4 Å². The Morgan fingerprint density at radius 1 is 1.10 bits per heavy atom. The molecule has 0 unspecified atom stereocenters. The number of amides is 1. The van der Waals surface area contributed by atoms with Crippen LogP contribution in [0.5, 0.6) is 5.75 Å². The smallest absolute Gasteiger partial charge is 0.246 e. The first-order chi connectivity index (χ1) is 14.6. The number of anilines is 2. The van der Waals surface area contributed by atoms with Crippen LogP contribution in [0.1, 0.15) is 18.9 Å². The molecule has 2 rings (SSSR count). The number of aliphatic imine (C=N–C) groups is 1. The van der Waals surface area contributed by atoms with E-state index in [4.69, 9.17) is 15.9 Å². The molecule has 8 heteroatoms. The maximum Gasteiger partial charge on any atom is 0.246 e. The van der Waals surface area contributed by atoms with Gasteiger partial charge in [0.1, 0.15) is 12.3 Å². The zero-order chi connectivity index (χ0) is 21.6.